The smallest absolute Gasteiger partial charge is 0.338 e. The van der Waals surface area contributed by atoms with Crippen LogP contribution in [-0.4, -0.2) is 32.4 Å². The van der Waals surface area contributed by atoms with Gasteiger partial charge in [0.2, 0.25) is 10.0 Å². The van der Waals surface area contributed by atoms with E-state index >= 15 is 0 Å². The molecule has 0 bridgehead atoms. The van der Waals surface area contributed by atoms with Gasteiger partial charge in [-0.25, -0.2) is 26.7 Å². The minimum atomic E-state index is -3.72. The molecule has 10 heteroatoms. The van der Waals surface area contributed by atoms with Gasteiger partial charge in [0.05, 0.1) is 10.5 Å². The first kappa shape index (κ1) is 22.4. The Morgan fingerprint density at radius 2 is 1.52 bits per heavy atom. The van der Waals surface area contributed by atoms with Crippen molar-refractivity contribution in [3.63, 3.8) is 0 Å². The second-order valence-corrected chi connectivity index (χ2v) is 8.15. The Labute approximate surface area is 167 Å². The number of sulfonamides is 1. The molecule has 0 aliphatic rings. The van der Waals surface area contributed by atoms with Crippen molar-refractivity contribution in [2.45, 2.75) is 37.8 Å². The Hall–Kier alpha value is -2.85. The van der Waals surface area contributed by atoms with Crippen molar-refractivity contribution < 1.29 is 31.5 Å². The summed E-state index contributed by atoms with van der Waals surface area (Å²) in [5.41, 5.74) is -0.641. The zero-order chi connectivity index (χ0) is 21.8. The summed E-state index contributed by atoms with van der Waals surface area (Å²) in [6, 6.07) is 7.70. The first-order chi connectivity index (χ1) is 13.5. The highest BCUT2D eigenvalue weighted by Crippen LogP contribution is 2.19. The number of para-hydroxylation sites is 1. The molecule has 0 fully saturated rings. The van der Waals surface area contributed by atoms with Gasteiger partial charge in [-0.2, -0.15) is 0 Å². The maximum absolute atomic E-state index is 13.6. The fourth-order valence-electron chi connectivity index (χ4n) is 2.27. The summed E-state index contributed by atoms with van der Waals surface area (Å²) < 4.78 is 58.7. The molecule has 156 valence electrons. The van der Waals surface area contributed by atoms with Gasteiger partial charge in [0.1, 0.15) is 17.3 Å². The lowest BCUT2D eigenvalue weighted by atomic mass is 10.2. The Kier molecular flexibility index (Phi) is 7.04. The number of carbonyl (C=O) groups excluding carboxylic acids is 2. The van der Waals surface area contributed by atoms with Gasteiger partial charge in [0.15, 0.2) is 6.10 Å². The van der Waals surface area contributed by atoms with Crippen LogP contribution in [0, 0.1) is 11.6 Å². The highest BCUT2D eigenvalue weighted by molar-refractivity contribution is 7.89. The monoisotopic (exact) mass is 426 g/mol. The van der Waals surface area contributed by atoms with Gasteiger partial charge >= 0.3 is 5.97 Å². The number of anilines is 1. The SMILES string of the molecule is CC(C)NS(=O)(=O)c1ccc(C(=O)OC(C)C(=O)Nc2c(F)cccc2F)cc1. The number of esters is 1. The molecule has 2 aromatic carbocycles. The summed E-state index contributed by atoms with van der Waals surface area (Å²) in [7, 11) is -3.72. The molecular formula is C19H20F2N2O5S. The Bertz CT molecular complexity index is 988. The Morgan fingerprint density at radius 3 is 2.03 bits per heavy atom. The molecule has 1 amide bonds. The average Bonchev–Trinajstić information content (AvgIpc) is 2.63. The van der Waals surface area contributed by atoms with Crippen molar-refractivity contribution in [3.05, 3.63) is 59.7 Å². The van der Waals surface area contributed by atoms with Crippen LogP contribution in [-0.2, 0) is 19.6 Å². The molecule has 1 atom stereocenters. The van der Waals surface area contributed by atoms with E-state index in [1.54, 1.807) is 13.8 Å². The lowest BCUT2D eigenvalue weighted by Gasteiger charge is -2.14. The molecule has 0 saturated carbocycles. The van der Waals surface area contributed by atoms with Crippen LogP contribution in [0.25, 0.3) is 0 Å². The number of nitrogens with one attached hydrogen (secondary N) is 2. The van der Waals surface area contributed by atoms with E-state index in [1.165, 1.54) is 31.2 Å². The van der Waals surface area contributed by atoms with E-state index in [0.717, 1.165) is 18.2 Å². The maximum atomic E-state index is 13.6. The minimum absolute atomic E-state index is 0.00483. The summed E-state index contributed by atoms with van der Waals surface area (Å²) in [5, 5.41) is 2.03. The van der Waals surface area contributed by atoms with Gasteiger partial charge in [0, 0.05) is 6.04 Å². The van der Waals surface area contributed by atoms with Crippen LogP contribution in [0.2, 0.25) is 0 Å². The van der Waals surface area contributed by atoms with Crippen LogP contribution in [0.4, 0.5) is 14.5 Å². The molecule has 0 saturated heterocycles. The van der Waals surface area contributed by atoms with Gasteiger partial charge in [-0.05, 0) is 57.2 Å². The predicted octanol–water partition coefficient (Wildman–Crippen LogP) is 2.84. The van der Waals surface area contributed by atoms with Gasteiger partial charge in [-0.15, -0.1) is 0 Å². The second-order valence-electron chi connectivity index (χ2n) is 6.43. The molecule has 0 radical (unpaired) electrons. The molecule has 2 rings (SSSR count). The Balaban J connectivity index is 2.05. The number of amides is 1. The van der Waals surface area contributed by atoms with Gasteiger partial charge in [0.25, 0.3) is 5.91 Å². The largest absolute Gasteiger partial charge is 0.449 e. The van der Waals surface area contributed by atoms with Crippen molar-refractivity contribution in [1.29, 1.82) is 0 Å². The number of halogens is 2. The van der Waals surface area contributed by atoms with E-state index < -0.39 is 45.3 Å². The van der Waals surface area contributed by atoms with Crippen molar-refractivity contribution >= 4 is 27.6 Å². The first-order valence-corrected chi connectivity index (χ1v) is 10.1. The van der Waals surface area contributed by atoms with E-state index in [4.69, 9.17) is 4.74 Å². The molecule has 2 N–H and O–H groups in total. The number of ether oxygens (including phenoxy) is 1. The van der Waals surface area contributed by atoms with Crippen LogP contribution in [0.3, 0.4) is 0 Å². The number of rotatable bonds is 7. The molecule has 0 aliphatic carbocycles. The van der Waals surface area contributed by atoms with Crippen LogP contribution in [0.15, 0.2) is 47.4 Å². The molecule has 0 spiro atoms. The van der Waals surface area contributed by atoms with E-state index in [9.17, 15) is 26.8 Å². The third-order valence-corrected chi connectivity index (χ3v) is 5.33. The molecule has 1 unspecified atom stereocenters. The summed E-state index contributed by atoms with van der Waals surface area (Å²) in [4.78, 5) is 24.2. The lowest BCUT2D eigenvalue weighted by molar-refractivity contribution is -0.123. The summed E-state index contributed by atoms with van der Waals surface area (Å²) in [5.74, 6) is -3.77. The molecule has 0 aromatic heterocycles. The number of hydrogen-bond donors (Lipinski definition) is 2. The first-order valence-electron chi connectivity index (χ1n) is 8.59. The maximum Gasteiger partial charge on any atom is 0.338 e. The van der Waals surface area contributed by atoms with Crippen LogP contribution in [0.1, 0.15) is 31.1 Å². The third kappa shape index (κ3) is 5.81. The third-order valence-electron chi connectivity index (χ3n) is 3.66. The highest BCUT2D eigenvalue weighted by Gasteiger charge is 2.22. The van der Waals surface area contributed by atoms with Crippen molar-refractivity contribution in [2.24, 2.45) is 0 Å². The summed E-state index contributed by atoms with van der Waals surface area (Å²) in [6.07, 6.45) is -1.35. The molecule has 7 nitrogen and oxygen atoms in total. The van der Waals surface area contributed by atoms with Crippen LogP contribution >= 0.6 is 0 Å². The summed E-state index contributed by atoms with van der Waals surface area (Å²) >= 11 is 0. The predicted molar refractivity (Wildman–Crippen MR) is 102 cm³/mol. The topological polar surface area (TPSA) is 102 Å². The lowest BCUT2D eigenvalue weighted by Crippen LogP contribution is -2.31. The van der Waals surface area contributed by atoms with Gasteiger partial charge in [-0.1, -0.05) is 6.07 Å². The average molecular weight is 426 g/mol. The number of hydrogen-bond acceptors (Lipinski definition) is 5. The number of carbonyl (C=O) groups is 2. The Morgan fingerprint density at radius 1 is 0.966 bits per heavy atom. The quantitative estimate of drug-likeness (QED) is 0.663. The summed E-state index contributed by atoms with van der Waals surface area (Å²) in [6.45, 7) is 4.57. The van der Waals surface area contributed by atoms with Crippen molar-refractivity contribution in [3.8, 4) is 0 Å². The minimum Gasteiger partial charge on any atom is -0.449 e. The van der Waals surface area contributed by atoms with Gasteiger partial charge in [-0.3, -0.25) is 4.79 Å². The fraction of sp³-hybridized carbons (Fsp3) is 0.263. The highest BCUT2D eigenvalue weighted by atomic mass is 32.2. The molecule has 2 aromatic rings. The molecule has 29 heavy (non-hydrogen) atoms. The number of benzene rings is 2. The van der Waals surface area contributed by atoms with E-state index in [1.807, 2.05) is 5.32 Å². The second kappa shape index (κ2) is 9.10. The molecule has 0 heterocycles. The van der Waals surface area contributed by atoms with E-state index in [2.05, 4.69) is 4.72 Å². The zero-order valence-electron chi connectivity index (χ0n) is 15.9. The van der Waals surface area contributed by atoms with Crippen molar-refractivity contribution in [1.82, 2.24) is 4.72 Å². The molecule has 0 aliphatic heterocycles. The normalized spacial score (nSPS) is 12.5. The van der Waals surface area contributed by atoms with Crippen molar-refractivity contribution in [2.75, 3.05) is 5.32 Å². The van der Waals surface area contributed by atoms with Crippen LogP contribution in [0.5, 0.6) is 0 Å². The molecular weight excluding hydrogens is 406 g/mol. The fourth-order valence-corrected chi connectivity index (χ4v) is 3.52. The van der Waals surface area contributed by atoms with E-state index in [-0.39, 0.29) is 16.5 Å². The standard InChI is InChI=1S/C19H20F2N2O5S/c1-11(2)23-29(26,27)14-9-7-13(8-10-14)19(25)28-12(3)18(24)22-17-15(20)5-4-6-16(17)21/h4-12,23H,1-3H3,(H,22,24). The van der Waals surface area contributed by atoms with Gasteiger partial charge < -0.3 is 10.1 Å². The van der Waals surface area contributed by atoms with Crippen LogP contribution < -0.4 is 10.0 Å². The zero-order valence-corrected chi connectivity index (χ0v) is 16.7. The van der Waals surface area contributed by atoms with E-state index in [0.29, 0.717) is 0 Å².